The maximum atomic E-state index is 13.3. The molecule has 5 heteroatoms. The van der Waals surface area contributed by atoms with Crippen molar-refractivity contribution in [3.05, 3.63) is 71.5 Å². The van der Waals surface area contributed by atoms with Gasteiger partial charge in [0.25, 0.3) is 0 Å². The SMILES string of the molecule is O=C(Cc1cccc(F)c1)NC(Cc1ccccc1)C(=O)N1CCCC1. The first-order valence-electron chi connectivity index (χ1n) is 8.98. The number of benzene rings is 2. The molecule has 0 spiro atoms. The first kappa shape index (κ1) is 18.1. The summed E-state index contributed by atoms with van der Waals surface area (Å²) in [6, 6.07) is 15.0. The molecule has 1 atom stereocenters. The predicted molar refractivity (Wildman–Crippen MR) is 98.0 cm³/mol. The number of amides is 2. The molecule has 0 bridgehead atoms. The van der Waals surface area contributed by atoms with Gasteiger partial charge in [0.05, 0.1) is 6.42 Å². The molecule has 136 valence electrons. The molecule has 1 fully saturated rings. The third-order valence-corrected chi connectivity index (χ3v) is 4.59. The number of hydrogen-bond donors (Lipinski definition) is 1. The van der Waals surface area contributed by atoms with E-state index in [0.29, 0.717) is 12.0 Å². The van der Waals surface area contributed by atoms with Gasteiger partial charge in [0.15, 0.2) is 0 Å². The topological polar surface area (TPSA) is 49.4 Å². The lowest BCUT2D eigenvalue weighted by Gasteiger charge is -2.24. The molecule has 1 aliphatic rings. The minimum Gasteiger partial charge on any atom is -0.344 e. The lowest BCUT2D eigenvalue weighted by Crippen LogP contribution is -2.49. The van der Waals surface area contributed by atoms with E-state index in [4.69, 9.17) is 0 Å². The van der Waals surface area contributed by atoms with Crippen LogP contribution in [-0.2, 0) is 22.4 Å². The van der Waals surface area contributed by atoms with Crippen molar-refractivity contribution >= 4 is 11.8 Å². The summed E-state index contributed by atoms with van der Waals surface area (Å²) >= 11 is 0. The average molecular weight is 354 g/mol. The molecule has 0 aliphatic carbocycles. The van der Waals surface area contributed by atoms with E-state index in [9.17, 15) is 14.0 Å². The number of hydrogen-bond acceptors (Lipinski definition) is 2. The van der Waals surface area contributed by atoms with Crippen LogP contribution in [0.2, 0.25) is 0 Å². The first-order valence-corrected chi connectivity index (χ1v) is 8.98. The van der Waals surface area contributed by atoms with Crippen molar-refractivity contribution in [1.29, 1.82) is 0 Å². The van der Waals surface area contributed by atoms with E-state index < -0.39 is 6.04 Å². The normalized spacial score (nSPS) is 14.9. The number of nitrogens with zero attached hydrogens (tertiary/aromatic N) is 1. The quantitative estimate of drug-likeness (QED) is 0.867. The summed E-state index contributed by atoms with van der Waals surface area (Å²) in [7, 11) is 0. The number of nitrogens with one attached hydrogen (secondary N) is 1. The Morgan fingerprint density at radius 1 is 1.00 bits per heavy atom. The number of rotatable bonds is 6. The Kier molecular flexibility index (Phi) is 6.00. The van der Waals surface area contributed by atoms with Gasteiger partial charge in [0, 0.05) is 19.5 Å². The Morgan fingerprint density at radius 3 is 2.38 bits per heavy atom. The van der Waals surface area contributed by atoms with Gasteiger partial charge in [-0.2, -0.15) is 0 Å². The zero-order chi connectivity index (χ0) is 18.4. The highest BCUT2D eigenvalue weighted by atomic mass is 19.1. The molecule has 1 unspecified atom stereocenters. The van der Waals surface area contributed by atoms with Crippen LogP contribution in [-0.4, -0.2) is 35.8 Å². The van der Waals surface area contributed by atoms with Crippen LogP contribution in [0.3, 0.4) is 0 Å². The molecule has 2 amide bonds. The summed E-state index contributed by atoms with van der Waals surface area (Å²) in [6.07, 6.45) is 2.50. The number of carbonyl (C=O) groups excluding carboxylic acids is 2. The van der Waals surface area contributed by atoms with Gasteiger partial charge in [0.1, 0.15) is 11.9 Å². The number of likely N-dealkylation sites (tertiary alicyclic amines) is 1. The van der Waals surface area contributed by atoms with Crippen molar-refractivity contribution in [1.82, 2.24) is 10.2 Å². The van der Waals surface area contributed by atoms with Gasteiger partial charge in [-0.15, -0.1) is 0 Å². The van der Waals surface area contributed by atoms with Crippen LogP contribution < -0.4 is 5.32 Å². The number of halogens is 1. The molecule has 26 heavy (non-hydrogen) atoms. The fourth-order valence-corrected chi connectivity index (χ4v) is 3.29. The molecule has 1 N–H and O–H groups in total. The molecule has 1 saturated heterocycles. The van der Waals surface area contributed by atoms with Gasteiger partial charge >= 0.3 is 0 Å². The lowest BCUT2D eigenvalue weighted by molar-refractivity contribution is -0.135. The Morgan fingerprint density at radius 2 is 1.69 bits per heavy atom. The van der Waals surface area contributed by atoms with Crippen molar-refractivity contribution in [3.8, 4) is 0 Å². The van der Waals surface area contributed by atoms with Crippen LogP contribution in [0.15, 0.2) is 54.6 Å². The Balaban J connectivity index is 1.69. The lowest BCUT2D eigenvalue weighted by atomic mass is 10.0. The van der Waals surface area contributed by atoms with Gasteiger partial charge in [-0.3, -0.25) is 9.59 Å². The standard InChI is InChI=1S/C21H23FN2O2/c22-18-10-6-9-17(13-18)15-20(25)23-19(14-16-7-2-1-3-8-16)21(26)24-11-4-5-12-24/h1-3,6-10,13,19H,4-5,11-12,14-15H2,(H,23,25). The number of carbonyl (C=O) groups is 2. The third kappa shape index (κ3) is 4.91. The minimum atomic E-state index is -0.600. The summed E-state index contributed by atoms with van der Waals surface area (Å²) in [5.74, 6) is -0.688. The van der Waals surface area contributed by atoms with Crippen LogP contribution in [0, 0.1) is 5.82 Å². The molecule has 0 saturated carbocycles. The van der Waals surface area contributed by atoms with E-state index in [-0.39, 0.29) is 24.1 Å². The fraction of sp³-hybridized carbons (Fsp3) is 0.333. The summed E-state index contributed by atoms with van der Waals surface area (Å²) in [6.45, 7) is 1.48. The van der Waals surface area contributed by atoms with Crippen LogP contribution in [0.25, 0.3) is 0 Å². The molecule has 2 aromatic carbocycles. The zero-order valence-corrected chi connectivity index (χ0v) is 14.7. The van der Waals surface area contributed by atoms with Crippen molar-refractivity contribution in [2.24, 2.45) is 0 Å². The summed E-state index contributed by atoms with van der Waals surface area (Å²) in [5.41, 5.74) is 1.59. The Bertz CT molecular complexity index is 758. The average Bonchev–Trinajstić information content (AvgIpc) is 3.16. The van der Waals surface area contributed by atoms with Gasteiger partial charge in [-0.25, -0.2) is 4.39 Å². The van der Waals surface area contributed by atoms with E-state index in [2.05, 4.69) is 5.32 Å². The molecular formula is C21H23FN2O2. The van der Waals surface area contributed by atoms with Crippen LogP contribution >= 0.6 is 0 Å². The second kappa shape index (κ2) is 8.61. The highest BCUT2D eigenvalue weighted by Gasteiger charge is 2.28. The monoisotopic (exact) mass is 354 g/mol. The smallest absolute Gasteiger partial charge is 0.245 e. The summed E-state index contributed by atoms with van der Waals surface area (Å²) in [5, 5.41) is 2.86. The van der Waals surface area contributed by atoms with Crippen LogP contribution in [0.4, 0.5) is 4.39 Å². The first-order chi connectivity index (χ1) is 12.6. The largest absolute Gasteiger partial charge is 0.344 e. The van der Waals surface area contributed by atoms with Gasteiger partial charge < -0.3 is 10.2 Å². The minimum absolute atomic E-state index is 0.0426. The summed E-state index contributed by atoms with van der Waals surface area (Å²) < 4.78 is 13.3. The molecule has 1 heterocycles. The van der Waals surface area contributed by atoms with Crippen LogP contribution in [0.5, 0.6) is 0 Å². The second-order valence-electron chi connectivity index (χ2n) is 6.65. The Hall–Kier alpha value is -2.69. The highest BCUT2D eigenvalue weighted by Crippen LogP contribution is 2.13. The molecule has 3 rings (SSSR count). The van der Waals surface area contributed by atoms with E-state index in [0.717, 1.165) is 31.5 Å². The molecule has 0 aromatic heterocycles. The van der Waals surface area contributed by atoms with Gasteiger partial charge in [-0.05, 0) is 36.1 Å². The van der Waals surface area contributed by atoms with E-state index in [1.54, 1.807) is 12.1 Å². The van der Waals surface area contributed by atoms with E-state index >= 15 is 0 Å². The molecule has 1 aliphatic heterocycles. The maximum Gasteiger partial charge on any atom is 0.245 e. The third-order valence-electron chi connectivity index (χ3n) is 4.59. The van der Waals surface area contributed by atoms with E-state index in [1.165, 1.54) is 12.1 Å². The molecule has 2 aromatic rings. The molecule has 0 radical (unpaired) electrons. The second-order valence-corrected chi connectivity index (χ2v) is 6.65. The van der Waals surface area contributed by atoms with Crippen molar-refractivity contribution in [3.63, 3.8) is 0 Å². The van der Waals surface area contributed by atoms with Crippen molar-refractivity contribution in [2.45, 2.75) is 31.7 Å². The van der Waals surface area contributed by atoms with Crippen molar-refractivity contribution in [2.75, 3.05) is 13.1 Å². The van der Waals surface area contributed by atoms with Crippen LogP contribution in [0.1, 0.15) is 24.0 Å². The van der Waals surface area contributed by atoms with Gasteiger partial charge in [-0.1, -0.05) is 42.5 Å². The van der Waals surface area contributed by atoms with Gasteiger partial charge in [0.2, 0.25) is 11.8 Å². The zero-order valence-electron chi connectivity index (χ0n) is 14.7. The predicted octanol–water partition coefficient (Wildman–Crippen LogP) is 2.72. The molecule has 4 nitrogen and oxygen atoms in total. The van der Waals surface area contributed by atoms with E-state index in [1.807, 2.05) is 35.2 Å². The fourth-order valence-electron chi connectivity index (χ4n) is 3.29. The highest BCUT2D eigenvalue weighted by molar-refractivity contribution is 5.88. The summed E-state index contributed by atoms with van der Waals surface area (Å²) in [4.78, 5) is 27.1. The van der Waals surface area contributed by atoms with Crippen molar-refractivity contribution < 1.29 is 14.0 Å². The Labute approximate surface area is 153 Å². The molecular weight excluding hydrogens is 331 g/mol. The maximum absolute atomic E-state index is 13.3.